The Morgan fingerprint density at radius 3 is 2.52 bits per heavy atom. The fourth-order valence-electron chi connectivity index (χ4n) is 3.01. The molecule has 0 N–H and O–H groups in total. The molecule has 0 unspecified atom stereocenters. The van der Waals surface area contributed by atoms with Gasteiger partial charge in [-0.2, -0.15) is 0 Å². The van der Waals surface area contributed by atoms with Crippen LogP contribution in [-0.4, -0.2) is 41.1 Å². The first-order chi connectivity index (χ1) is 9.63. The Labute approximate surface area is 140 Å². The van der Waals surface area contributed by atoms with Gasteiger partial charge in [0.25, 0.3) is 0 Å². The molecule has 110 valence electrons. The second-order valence-electron chi connectivity index (χ2n) is 5.59. The molecule has 2 heterocycles. The van der Waals surface area contributed by atoms with Crippen molar-refractivity contribution in [2.24, 2.45) is 0 Å². The summed E-state index contributed by atoms with van der Waals surface area (Å²) >= 11 is 1.12. The van der Waals surface area contributed by atoms with Crippen LogP contribution in [0.2, 0.25) is 0 Å². The molecule has 2 fully saturated rings. The maximum absolute atomic E-state index is 11.0. The molecule has 1 aromatic heterocycles. The Morgan fingerprint density at radius 1 is 1.33 bits per heavy atom. The van der Waals surface area contributed by atoms with E-state index in [9.17, 15) is 9.90 Å². The fourth-order valence-corrected chi connectivity index (χ4v) is 3.70. The summed E-state index contributed by atoms with van der Waals surface area (Å²) in [5.74, 6) is -0.945. The zero-order valence-electron chi connectivity index (χ0n) is 12.6. The van der Waals surface area contributed by atoms with Gasteiger partial charge < -0.3 is 19.5 Å². The summed E-state index contributed by atoms with van der Waals surface area (Å²) in [4.78, 5) is 17.9. The normalized spacial score (nSPS) is 25.8. The number of likely N-dealkylation sites (tertiary alicyclic amines) is 1. The Morgan fingerprint density at radius 2 is 2.00 bits per heavy atom. The number of nitrogens with zero attached hydrogens (tertiary/aromatic N) is 2. The molecule has 0 bridgehead atoms. The largest absolute Gasteiger partial charge is 1.00 e. The molecule has 1 aliphatic carbocycles. The van der Waals surface area contributed by atoms with Crippen molar-refractivity contribution in [3.63, 3.8) is 0 Å². The van der Waals surface area contributed by atoms with Gasteiger partial charge in [0.05, 0.1) is 11.0 Å². The van der Waals surface area contributed by atoms with E-state index >= 15 is 0 Å². The molecular weight excluding hydrogens is 283 g/mol. The second kappa shape index (κ2) is 7.15. The van der Waals surface area contributed by atoms with Crippen molar-refractivity contribution in [3.05, 3.63) is 9.88 Å². The van der Waals surface area contributed by atoms with E-state index in [1.165, 1.54) is 19.5 Å². The molecule has 0 amide bonds. The van der Waals surface area contributed by atoms with Gasteiger partial charge in [-0.3, -0.25) is 0 Å². The molecular formula is C14H19LiN2O3S. The van der Waals surface area contributed by atoms with Crippen molar-refractivity contribution >= 4 is 17.3 Å². The van der Waals surface area contributed by atoms with E-state index in [4.69, 9.17) is 4.74 Å². The van der Waals surface area contributed by atoms with E-state index < -0.39 is 5.97 Å². The molecule has 0 atom stereocenters. The van der Waals surface area contributed by atoms with Gasteiger partial charge in [-0.25, -0.2) is 4.98 Å². The third-order valence-electron chi connectivity index (χ3n) is 4.22. The number of carbonyl (C=O) groups excluding carboxylic acids is 1. The third kappa shape index (κ3) is 3.81. The molecule has 1 aromatic rings. The standard InChI is InChI=1S/C14H20N2O3S.Li/c1-9-15-13(12(20-9)14(17)18)19-11-5-3-10(4-6-11)16-7-2-8-16;/h10-11H,2-8H2,1H3,(H,17,18);/q;+1/p-1. The summed E-state index contributed by atoms with van der Waals surface area (Å²) in [6.45, 7) is 4.25. The minimum absolute atomic E-state index is 0. The number of aryl methyl sites for hydroxylation is 1. The van der Waals surface area contributed by atoms with E-state index in [-0.39, 0.29) is 35.7 Å². The molecule has 3 rings (SSSR count). The Kier molecular flexibility index (Phi) is 5.72. The molecule has 0 radical (unpaired) electrons. The van der Waals surface area contributed by atoms with Crippen LogP contribution in [0.25, 0.3) is 0 Å². The third-order valence-corrected chi connectivity index (χ3v) is 5.15. The molecule has 5 nitrogen and oxygen atoms in total. The Hall–Kier alpha value is -0.543. The topological polar surface area (TPSA) is 65.5 Å². The first-order valence-electron chi connectivity index (χ1n) is 7.23. The summed E-state index contributed by atoms with van der Waals surface area (Å²) in [6, 6.07) is 0.696. The molecule has 0 aromatic carbocycles. The monoisotopic (exact) mass is 302 g/mol. The van der Waals surface area contributed by atoms with Crippen LogP contribution in [0.3, 0.4) is 0 Å². The van der Waals surface area contributed by atoms with Crippen molar-refractivity contribution in [2.75, 3.05) is 13.1 Å². The van der Waals surface area contributed by atoms with Crippen LogP contribution in [0.4, 0.5) is 0 Å². The predicted molar refractivity (Wildman–Crippen MR) is 74.0 cm³/mol. The van der Waals surface area contributed by atoms with Gasteiger partial charge in [-0.1, -0.05) is 0 Å². The van der Waals surface area contributed by atoms with Crippen LogP contribution >= 0.6 is 11.3 Å². The smallest absolute Gasteiger partial charge is 0.544 e. The van der Waals surface area contributed by atoms with Crippen LogP contribution in [0, 0.1) is 6.92 Å². The summed E-state index contributed by atoms with van der Waals surface area (Å²) < 4.78 is 5.81. The molecule has 0 spiro atoms. The van der Waals surface area contributed by atoms with Gasteiger partial charge >= 0.3 is 18.9 Å². The van der Waals surface area contributed by atoms with Crippen molar-refractivity contribution in [1.82, 2.24) is 9.88 Å². The number of hydrogen-bond donors (Lipinski definition) is 0. The average Bonchev–Trinajstić information content (AvgIpc) is 2.71. The first kappa shape index (κ1) is 16.8. The number of hydrogen-bond acceptors (Lipinski definition) is 6. The van der Waals surface area contributed by atoms with Gasteiger partial charge in [0.1, 0.15) is 11.0 Å². The predicted octanol–water partition coefficient (Wildman–Crippen LogP) is -1.79. The van der Waals surface area contributed by atoms with Gasteiger partial charge in [0.15, 0.2) is 0 Å². The average molecular weight is 302 g/mol. The van der Waals surface area contributed by atoms with E-state index in [1.807, 2.05) is 0 Å². The van der Waals surface area contributed by atoms with E-state index in [2.05, 4.69) is 9.88 Å². The zero-order chi connectivity index (χ0) is 14.1. The minimum Gasteiger partial charge on any atom is -0.544 e. The molecule has 1 saturated heterocycles. The van der Waals surface area contributed by atoms with Gasteiger partial charge in [0, 0.05) is 6.04 Å². The number of ether oxygens (including phenoxy) is 1. The molecule has 1 aliphatic heterocycles. The quantitative estimate of drug-likeness (QED) is 0.615. The number of aromatic nitrogens is 1. The number of carboxylic acid groups (broad SMARTS) is 1. The van der Waals surface area contributed by atoms with Crippen LogP contribution in [0.5, 0.6) is 5.88 Å². The molecule has 21 heavy (non-hydrogen) atoms. The first-order valence-corrected chi connectivity index (χ1v) is 8.04. The number of carbonyl (C=O) groups is 1. The van der Waals surface area contributed by atoms with Crippen LogP contribution in [0.1, 0.15) is 46.8 Å². The number of carboxylic acids is 1. The van der Waals surface area contributed by atoms with Gasteiger partial charge in [0.2, 0.25) is 5.88 Å². The van der Waals surface area contributed by atoms with Crippen LogP contribution < -0.4 is 28.7 Å². The van der Waals surface area contributed by atoms with E-state index in [1.54, 1.807) is 6.92 Å². The molecule has 7 heteroatoms. The molecule has 2 aliphatic rings. The Bertz CT molecular complexity index is 496. The zero-order valence-corrected chi connectivity index (χ0v) is 13.4. The number of aromatic carboxylic acids is 1. The fraction of sp³-hybridized carbons (Fsp3) is 0.714. The van der Waals surface area contributed by atoms with Gasteiger partial charge in [-0.15, -0.1) is 11.3 Å². The summed E-state index contributed by atoms with van der Waals surface area (Å²) in [5.41, 5.74) is 0. The summed E-state index contributed by atoms with van der Waals surface area (Å²) in [6.07, 6.45) is 5.63. The minimum atomic E-state index is -1.19. The van der Waals surface area contributed by atoms with Crippen molar-refractivity contribution < 1.29 is 33.5 Å². The van der Waals surface area contributed by atoms with Crippen molar-refractivity contribution in [2.45, 2.75) is 51.2 Å². The van der Waals surface area contributed by atoms with Crippen LogP contribution in [0.15, 0.2) is 0 Å². The Balaban J connectivity index is 0.00000161. The maximum atomic E-state index is 11.0. The second-order valence-corrected chi connectivity index (χ2v) is 6.80. The van der Waals surface area contributed by atoms with E-state index in [0.717, 1.165) is 37.0 Å². The number of rotatable bonds is 4. The SMILES string of the molecule is Cc1nc(OC2CCC(N3CCC3)CC2)c(C(=O)[O-])s1.[Li+]. The summed E-state index contributed by atoms with van der Waals surface area (Å²) in [7, 11) is 0. The van der Waals surface area contributed by atoms with Crippen molar-refractivity contribution in [3.8, 4) is 5.88 Å². The van der Waals surface area contributed by atoms with Crippen LogP contribution in [-0.2, 0) is 0 Å². The summed E-state index contributed by atoms with van der Waals surface area (Å²) in [5, 5.41) is 11.7. The maximum Gasteiger partial charge on any atom is 1.00 e. The van der Waals surface area contributed by atoms with E-state index in [0.29, 0.717) is 11.0 Å². The van der Waals surface area contributed by atoms with Crippen molar-refractivity contribution in [1.29, 1.82) is 0 Å². The number of thiazole rings is 1. The molecule has 1 saturated carbocycles. The van der Waals surface area contributed by atoms with Gasteiger partial charge in [-0.05, 0) is 52.1 Å².